The number of amides is 1. The molecule has 1 aliphatic rings. The monoisotopic (exact) mass is 260 g/mol. The van der Waals surface area contributed by atoms with E-state index in [0.717, 1.165) is 18.9 Å². The van der Waals surface area contributed by atoms with Gasteiger partial charge in [0, 0.05) is 39.5 Å². The number of methoxy groups -OCH3 is 1. The predicted molar refractivity (Wildman–Crippen MR) is 69.6 cm³/mol. The molecule has 0 unspecified atom stereocenters. The van der Waals surface area contributed by atoms with Crippen molar-refractivity contribution in [1.29, 1.82) is 5.26 Å². The second-order valence-electron chi connectivity index (χ2n) is 4.32. The van der Waals surface area contributed by atoms with Gasteiger partial charge in [-0.05, 0) is 12.1 Å². The molecule has 0 spiro atoms. The normalized spacial score (nSPS) is 15.2. The van der Waals surface area contributed by atoms with Gasteiger partial charge in [-0.15, -0.1) is 0 Å². The van der Waals surface area contributed by atoms with Crippen molar-refractivity contribution in [2.75, 3.05) is 44.8 Å². The number of nitrogens with zero attached hydrogens (tertiary/aromatic N) is 4. The van der Waals surface area contributed by atoms with Gasteiger partial charge in [0.1, 0.15) is 18.5 Å². The van der Waals surface area contributed by atoms with Gasteiger partial charge < -0.3 is 14.5 Å². The fourth-order valence-corrected chi connectivity index (χ4v) is 2.04. The van der Waals surface area contributed by atoms with E-state index < -0.39 is 0 Å². The van der Waals surface area contributed by atoms with Gasteiger partial charge in [0.15, 0.2) is 0 Å². The van der Waals surface area contributed by atoms with E-state index in [1.54, 1.807) is 17.2 Å². The van der Waals surface area contributed by atoms with Gasteiger partial charge in [0.05, 0.1) is 5.56 Å². The number of rotatable bonds is 3. The van der Waals surface area contributed by atoms with Gasteiger partial charge in [-0.3, -0.25) is 4.79 Å². The first-order valence-corrected chi connectivity index (χ1v) is 6.12. The van der Waals surface area contributed by atoms with Crippen LogP contribution in [0.25, 0.3) is 0 Å². The summed E-state index contributed by atoms with van der Waals surface area (Å²) in [6.45, 7) is 2.96. The van der Waals surface area contributed by atoms with Crippen LogP contribution in [0.4, 0.5) is 5.82 Å². The average molecular weight is 260 g/mol. The van der Waals surface area contributed by atoms with Gasteiger partial charge in [-0.25, -0.2) is 4.98 Å². The van der Waals surface area contributed by atoms with Crippen LogP contribution in [-0.4, -0.2) is 55.7 Å². The molecule has 0 saturated carbocycles. The summed E-state index contributed by atoms with van der Waals surface area (Å²) in [5, 5.41) is 8.73. The van der Waals surface area contributed by atoms with E-state index in [-0.39, 0.29) is 12.5 Å². The Bertz CT molecular complexity index is 472. The first-order valence-electron chi connectivity index (χ1n) is 6.12. The number of carbonyl (C=O) groups is 1. The van der Waals surface area contributed by atoms with E-state index >= 15 is 0 Å². The van der Waals surface area contributed by atoms with Crippen molar-refractivity contribution >= 4 is 11.7 Å². The summed E-state index contributed by atoms with van der Waals surface area (Å²) in [4.78, 5) is 19.8. The molecular formula is C13H16N4O2. The molecular weight excluding hydrogens is 244 g/mol. The van der Waals surface area contributed by atoms with Crippen molar-refractivity contribution in [2.24, 2.45) is 0 Å². The van der Waals surface area contributed by atoms with Crippen LogP contribution >= 0.6 is 0 Å². The largest absolute Gasteiger partial charge is 0.375 e. The number of hydrogen-bond acceptors (Lipinski definition) is 5. The van der Waals surface area contributed by atoms with E-state index in [1.165, 1.54) is 7.11 Å². The second-order valence-corrected chi connectivity index (χ2v) is 4.32. The molecule has 1 aromatic heterocycles. The van der Waals surface area contributed by atoms with Crippen LogP contribution in [0, 0.1) is 11.3 Å². The lowest BCUT2D eigenvalue weighted by atomic mass is 10.2. The zero-order chi connectivity index (χ0) is 13.7. The molecule has 2 rings (SSSR count). The highest BCUT2D eigenvalue weighted by atomic mass is 16.5. The Balaban J connectivity index is 1.92. The van der Waals surface area contributed by atoms with E-state index in [2.05, 4.69) is 9.88 Å². The molecule has 1 aliphatic heterocycles. The fraction of sp³-hybridized carbons (Fsp3) is 0.462. The van der Waals surface area contributed by atoms with Crippen LogP contribution in [0.1, 0.15) is 5.56 Å². The van der Waals surface area contributed by atoms with Crippen molar-refractivity contribution in [3.05, 3.63) is 23.9 Å². The number of ether oxygens (including phenoxy) is 1. The van der Waals surface area contributed by atoms with Crippen molar-refractivity contribution in [1.82, 2.24) is 9.88 Å². The number of pyridine rings is 1. The van der Waals surface area contributed by atoms with E-state index in [0.29, 0.717) is 18.7 Å². The Morgan fingerprint density at radius 2 is 2.16 bits per heavy atom. The van der Waals surface area contributed by atoms with Crippen LogP contribution in [0.3, 0.4) is 0 Å². The number of nitriles is 1. The van der Waals surface area contributed by atoms with Crippen LogP contribution in [-0.2, 0) is 9.53 Å². The second kappa shape index (κ2) is 6.16. The van der Waals surface area contributed by atoms with Crippen molar-refractivity contribution in [3.8, 4) is 6.07 Å². The molecule has 19 heavy (non-hydrogen) atoms. The SMILES string of the molecule is COCC(=O)N1CCN(c2ccc(C#N)cn2)CC1. The molecule has 0 atom stereocenters. The van der Waals surface area contributed by atoms with Gasteiger partial charge in [0.2, 0.25) is 5.91 Å². The van der Waals surface area contributed by atoms with Gasteiger partial charge in [0.25, 0.3) is 0 Å². The smallest absolute Gasteiger partial charge is 0.248 e. The first-order chi connectivity index (χ1) is 9.24. The summed E-state index contributed by atoms with van der Waals surface area (Å²) in [5.74, 6) is 0.868. The number of carbonyl (C=O) groups excluding carboxylic acids is 1. The minimum Gasteiger partial charge on any atom is -0.375 e. The van der Waals surface area contributed by atoms with Crippen molar-refractivity contribution in [3.63, 3.8) is 0 Å². The topological polar surface area (TPSA) is 69.5 Å². The van der Waals surface area contributed by atoms with Gasteiger partial charge >= 0.3 is 0 Å². The maximum Gasteiger partial charge on any atom is 0.248 e. The van der Waals surface area contributed by atoms with Gasteiger partial charge in [-0.2, -0.15) is 5.26 Å². The Kier molecular flexibility index (Phi) is 4.31. The van der Waals surface area contributed by atoms with E-state index in [9.17, 15) is 4.79 Å². The van der Waals surface area contributed by atoms with Crippen molar-refractivity contribution in [2.45, 2.75) is 0 Å². The zero-order valence-corrected chi connectivity index (χ0v) is 10.9. The minimum absolute atomic E-state index is 0.0231. The molecule has 6 heteroatoms. The summed E-state index contributed by atoms with van der Waals surface area (Å²) in [6, 6.07) is 5.64. The Morgan fingerprint density at radius 3 is 2.68 bits per heavy atom. The molecule has 1 saturated heterocycles. The highest BCUT2D eigenvalue weighted by Gasteiger charge is 2.21. The summed E-state index contributed by atoms with van der Waals surface area (Å²) >= 11 is 0. The molecule has 0 aliphatic carbocycles. The maximum absolute atomic E-state index is 11.7. The summed E-state index contributed by atoms with van der Waals surface area (Å²) < 4.78 is 4.85. The Labute approximate surface area is 112 Å². The fourth-order valence-electron chi connectivity index (χ4n) is 2.04. The molecule has 0 bridgehead atoms. The molecule has 0 N–H and O–H groups in total. The zero-order valence-electron chi connectivity index (χ0n) is 10.9. The van der Waals surface area contributed by atoms with E-state index in [4.69, 9.17) is 10.00 Å². The number of aromatic nitrogens is 1. The van der Waals surface area contributed by atoms with Crippen LogP contribution in [0.5, 0.6) is 0 Å². The van der Waals surface area contributed by atoms with Crippen LogP contribution < -0.4 is 4.90 Å². The van der Waals surface area contributed by atoms with Crippen LogP contribution in [0.15, 0.2) is 18.3 Å². The molecule has 1 amide bonds. The highest BCUT2D eigenvalue weighted by molar-refractivity contribution is 5.77. The Hall–Kier alpha value is -2.13. The minimum atomic E-state index is 0.0231. The third-order valence-electron chi connectivity index (χ3n) is 3.10. The first kappa shape index (κ1) is 13.3. The lowest BCUT2D eigenvalue weighted by molar-refractivity contribution is -0.135. The molecule has 6 nitrogen and oxygen atoms in total. The number of piperazine rings is 1. The molecule has 100 valence electrons. The maximum atomic E-state index is 11.7. The number of anilines is 1. The molecule has 1 aromatic rings. The van der Waals surface area contributed by atoms with Gasteiger partial charge in [-0.1, -0.05) is 0 Å². The summed E-state index contributed by atoms with van der Waals surface area (Å²) in [6.07, 6.45) is 1.57. The third kappa shape index (κ3) is 3.20. The predicted octanol–water partition coefficient (Wildman–Crippen LogP) is 0.248. The molecule has 1 fully saturated rings. The summed E-state index contributed by atoms with van der Waals surface area (Å²) in [7, 11) is 1.52. The summed E-state index contributed by atoms with van der Waals surface area (Å²) in [5.41, 5.74) is 0.553. The third-order valence-corrected chi connectivity index (χ3v) is 3.10. The average Bonchev–Trinajstić information content (AvgIpc) is 2.48. The lowest BCUT2D eigenvalue weighted by Gasteiger charge is -2.35. The standard InChI is InChI=1S/C13H16N4O2/c1-19-10-13(18)17-6-4-16(5-7-17)12-3-2-11(8-14)9-15-12/h2-3,9H,4-7,10H2,1H3. The number of hydrogen-bond donors (Lipinski definition) is 0. The highest BCUT2D eigenvalue weighted by Crippen LogP contribution is 2.13. The van der Waals surface area contributed by atoms with E-state index in [1.807, 2.05) is 12.1 Å². The molecule has 0 aromatic carbocycles. The molecule has 2 heterocycles. The van der Waals surface area contributed by atoms with Crippen molar-refractivity contribution < 1.29 is 9.53 Å². The quantitative estimate of drug-likeness (QED) is 0.779. The Morgan fingerprint density at radius 1 is 1.42 bits per heavy atom. The van der Waals surface area contributed by atoms with Crippen LogP contribution in [0.2, 0.25) is 0 Å². The molecule has 0 radical (unpaired) electrons. The lowest BCUT2D eigenvalue weighted by Crippen LogP contribution is -2.49.